The number of ether oxygens (including phenoxy) is 1. The zero-order valence-electron chi connectivity index (χ0n) is 16.1. The Bertz CT molecular complexity index is 915. The highest BCUT2D eigenvalue weighted by Gasteiger charge is 2.22. The maximum Gasteiger partial charge on any atom is 0.246 e. The molecule has 0 radical (unpaired) electrons. The average molecular weight is 383 g/mol. The van der Waals surface area contributed by atoms with Crippen molar-refractivity contribution in [2.45, 2.75) is 32.8 Å². The number of hydrogen-bond donors (Lipinski definition) is 3. The molecule has 3 N–H and O–H groups in total. The number of β-amino-alcohol motifs (C(OH)–C–C–N with tert-alkyl or cyclic N) is 1. The maximum atomic E-state index is 10.6. The lowest BCUT2D eigenvalue weighted by atomic mass is 10.0. The molecular weight excluding hydrogens is 358 g/mol. The predicted octanol–water partition coefficient (Wildman–Crippen LogP) is 1.87. The van der Waals surface area contributed by atoms with Gasteiger partial charge in [-0.15, -0.1) is 10.2 Å². The van der Waals surface area contributed by atoms with E-state index < -0.39 is 0 Å². The summed E-state index contributed by atoms with van der Waals surface area (Å²) >= 11 is 0. The fraction of sp³-hybridized carbons (Fsp3) is 0.450. The number of aromatic nitrogens is 3. The van der Waals surface area contributed by atoms with E-state index in [1.54, 1.807) is 6.07 Å². The van der Waals surface area contributed by atoms with Gasteiger partial charge in [0.2, 0.25) is 5.95 Å². The van der Waals surface area contributed by atoms with Crippen molar-refractivity contribution in [1.29, 1.82) is 0 Å². The van der Waals surface area contributed by atoms with Crippen LogP contribution in [0.15, 0.2) is 23.9 Å². The van der Waals surface area contributed by atoms with Crippen molar-refractivity contribution in [2.24, 2.45) is 0 Å². The summed E-state index contributed by atoms with van der Waals surface area (Å²) < 4.78 is 5.48. The van der Waals surface area contributed by atoms with E-state index in [2.05, 4.69) is 32.3 Å². The standard InChI is InChI=1S/C20H25N5O3/c1-3-25-10-13(8-14(26)11-25)9-21-20-22-12(2)18(23-24-20)16-4-5-17-15(19(16)27)6-7-28-17/h4-5,9,14,26-27H,3,6-8,10-11H2,1-2H3,(H,21,22,24)/t14-/m0/s1. The molecule has 0 spiro atoms. The largest absolute Gasteiger partial charge is 0.507 e. The van der Waals surface area contributed by atoms with Crippen molar-refractivity contribution in [3.8, 4) is 22.8 Å². The summed E-state index contributed by atoms with van der Waals surface area (Å²) in [6, 6.07) is 3.64. The Morgan fingerprint density at radius 3 is 3.00 bits per heavy atom. The number of piperidine rings is 1. The fourth-order valence-electron chi connectivity index (χ4n) is 3.76. The molecule has 148 valence electrons. The van der Waals surface area contributed by atoms with Crippen LogP contribution in [0.25, 0.3) is 11.3 Å². The van der Waals surface area contributed by atoms with Crippen molar-refractivity contribution in [3.05, 3.63) is 35.2 Å². The van der Waals surface area contributed by atoms with E-state index in [1.165, 1.54) is 0 Å². The Morgan fingerprint density at radius 2 is 2.21 bits per heavy atom. The molecule has 4 rings (SSSR count). The van der Waals surface area contributed by atoms with Gasteiger partial charge in [0.1, 0.15) is 17.2 Å². The van der Waals surface area contributed by atoms with Crippen LogP contribution in [-0.2, 0) is 6.42 Å². The van der Waals surface area contributed by atoms with Gasteiger partial charge in [0.15, 0.2) is 0 Å². The number of hydrogen-bond acceptors (Lipinski definition) is 8. The van der Waals surface area contributed by atoms with E-state index in [4.69, 9.17) is 4.74 Å². The molecule has 1 aromatic heterocycles. The molecule has 8 nitrogen and oxygen atoms in total. The van der Waals surface area contributed by atoms with Gasteiger partial charge in [-0.2, -0.15) is 0 Å². The number of aryl methyl sites for hydroxylation is 1. The number of fused-ring (bicyclic) bond motifs is 1. The first kappa shape index (κ1) is 18.6. The van der Waals surface area contributed by atoms with Gasteiger partial charge in [0.05, 0.1) is 18.4 Å². The van der Waals surface area contributed by atoms with Crippen LogP contribution in [0, 0.1) is 6.92 Å². The Hall–Kier alpha value is -2.71. The number of benzene rings is 1. The van der Waals surface area contributed by atoms with Crippen LogP contribution in [-0.4, -0.2) is 62.6 Å². The lowest BCUT2D eigenvalue weighted by Gasteiger charge is -2.30. The van der Waals surface area contributed by atoms with Crippen LogP contribution in [0.5, 0.6) is 11.5 Å². The van der Waals surface area contributed by atoms with Crippen LogP contribution >= 0.6 is 0 Å². The van der Waals surface area contributed by atoms with Crippen molar-refractivity contribution in [3.63, 3.8) is 0 Å². The van der Waals surface area contributed by atoms with Crippen molar-refractivity contribution >= 4 is 5.95 Å². The first-order valence-electron chi connectivity index (χ1n) is 9.59. The van der Waals surface area contributed by atoms with Crippen molar-refractivity contribution in [1.82, 2.24) is 20.1 Å². The minimum absolute atomic E-state index is 0.188. The van der Waals surface area contributed by atoms with E-state index >= 15 is 0 Å². The minimum atomic E-state index is -0.350. The third-order valence-corrected chi connectivity index (χ3v) is 5.21. The van der Waals surface area contributed by atoms with Crippen LogP contribution in [0.3, 0.4) is 0 Å². The number of rotatable bonds is 4. The molecule has 8 heteroatoms. The number of anilines is 1. The Balaban J connectivity index is 1.53. The van der Waals surface area contributed by atoms with Crippen LogP contribution in [0.1, 0.15) is 24.6 Å². The highest BCUT2D eigenvalue weighted by molar-refractivity contribution is 5.72. The molecule has 0 saturated carbocycles. The summed E-state index contributed by atoms with van der Waals surface area (Å²) in [6.07, 6.45) is 2.82. The minimum Gasteiger partial charge on any atom is -0.507 e. The van der Waals surface area contributed by atoms with Crippen molar-refractivity contribution in [2.75, 3.05) is 31.6 Å². The third-order valence-electron chi connectivity index (χ3n) is 5.21. The molecule has 1 atom stereocenters. The SMILES string of the molecule is CCN1CC(=CNc2nnc(-c3ccc4c(c3O)CCO4)c(C)n2)C[C@H](O)C1. The van der Waals surface area contributed by atoms with E-state index in [-0.39, 0.29) is 11.9 Å². The quantitative estimate of drug-likeness (QED) is 0.735. The molecule has 0 aliphatic carbocycles. The van der Waals surface area contributed by atoms with Gasteiger partial charge in [0, 0.05) is 36.8 Å². The second-order valence-corrected chi connectivity index (χ2v) is 7.24. The predicted molar refractivity (Wildman–Crippen MR) is 105 cm³/mol. The second-order valence-electron chi connectivity index (χ2n) is 7.24. The van der Waals surface area contributed by atoms with Crippen LogP contribution in [0.4, 0.5) is 5.95 Å². The van der Waals surface area contributed by atoms with Crippen LogP contribution < -0.4 is 10.1 Å². The molecular formula is C20H25N5O3. The molecule has 0 unspecified atom stereocenters. The van der Waals surface area contributed by atoms with E-state index in [9.17, 15) is 10.2 Å². The van der Waals surface area contributed by atoms with Gasteiger partial charge in [-0.1, -0.05) is 6.92 Å². The zero-order chi connectivity index (χ0) is 19.7. The second kappa shape index (κ2) is 7.73. The molecule has 1 saturated heterocycles. The number of aromatic hydroxyl groups is 1. The van der Waals surface area contributed by atoms with Gasteiger partial charge >= 0.3 is 0 Å². The molecule has 2 aliphatic rings. The van der Waals surface area contributed by atoms with Gasteiger partial charge in [-0.05, 0) is 37.6 Å². The molecule has 3 heterocycles. The smallest absolute Gasteiger partial charge is 0.246 e. The van der Waals surface area contributed by atoms with Crippen LogP contribution in [0.2, 0.25) is 0 Å². The lowest BCUT2D eigenvalue weighted by Crippen LogP contribution is -2.39. The number of likely N-dealkylation sites (N-methyl/N-ethyl adjacent to an activating group) is 1. The highest BCUT2D eigenvalue weighted by atomic mass is 16.5. The monoisotopic (exact) mass is 383 g/mol. The lowest BCUT2D eigenvalue weighted by molar-refractivity contribution is 0.0973. The first-order chi connectivity index (χ1) is 13.5. The number of phenols is 1. The molecule has 0 amide bonds. The highest BCUT2D eigenvalue weighted by Crippen LogP contribution is 2.40. The molecule has 1 aromatic carbocycles. The third kappa shape index (κ3) is 3.65. The Labute approximate surface area is 163 Å². The van der Waals surface area contributed by atoms with Gasteiger partial charge in [-0.3, -0.25) is 4.90 Å². The summed E-state index contributed by atoms with van der Waals surface area (Å²) in [5.74, 6) is 1.30. The van der Waals surface area contributed by atoms with Gasteiger partial charge in [-0.25, -0.2) is 4.98 Å². The average Bonchev–Trinajstić information content (AvgIpc) is 3.16. The molecule has 28 heavy (non-hydrogen) atoms. The summed E-state index contributed by atoms with van der Waals surface area (Å²) in [6.45, 7) is 6.92. The summed E-state index contributed by atoms with van der Waals surface area (Å²) in [5.41, 5.74) is 3.74. The summed E-state index contributed by atoms with van der Waals surface area (Å²) in [4.78, 5) is 6.67. The van der Waals surface area contributed by atoms with Gasteiger partial charge in [0.25, 0.3) is 0 Å². The molecule has 1 fully saturated rings. The number of likely N-dealkylation sites (tertiary alicyclic amines) is 1. The number of aliphatic hydroxyl groups excluding tert-OH is 1. The topological polar surface area (TPSA) is 104 Å². The van der Waals surface area contributed by atoms with E-state index in [1.807, 2.05) is 19.2 Å². The molecule has 0 bridgehead atoms. The normalized spacial score (nSPS) is 20.8. The first-order valence-corrected chi connectivity index (χ1v) is 9.59. The van der Waals surface area contributed by atoms with Crippen molar-refractivity contribution < 1.29 is 14.9 Å². The summed E-state index contributed by atoms with van der Waals surface area (Å²) in [7, 11) is 0. The summed E-state index contributed by atoms with van der Waals surface area (Å²) in [5, 5.41) is 32.1. The molecule has 2 aromatic rings. The van der Waals surface area contributed by atoms with Gasteiger partial charge < -0.3 is 20.3 Å². The Kier molecular flexibility index (Phi) is 5.15. The van der Waals surface area contributed by atoms with E-state index in [0.717, 1.165) is 30.0 Å². The number of nitrogens with zero attached hydrogens (tertiary/aromatic N) is 4. The number of nitrogens with one attached hydrogen (secondary N) is 1. The number of phenolic OH excluding ortho intramolecular Hbond substituents is 1. The van der Waals surface area contributed by atoms with E-state index in [0.29, 0.717) is 48.9 Å². The number of aliphatic hydroxyl groups is 1. The molecule has 2 aliphatic heterocycles. The zero-order valence-corrected chi connectivity index (χ0v) is 16.1. The Morgan fingerprint density at radius 1 is 1.36 bits per heavy atom. The fourth-order valence-corrected chi connectivity index (χ4v) is 3.76. The maximum absolute atomic E-state index is 10.6.